The number of aromatic nitrogens is 1. The van der Waals surface area contributed by atoms with Gasteiger partial charge in [-0.3, -0.25) is 9.78 Å². The number of carbonyl (C=O) groups excluding carboxylic acids is 1. The highest BCUT2D eigenvalue weighted by atomic mass is 16.3. The maximum Gasteiger partial charge on any atom is 0.224 e. The van der Waals surface area contributed by atoms with Gasteiger partial charge in [-0.05, 0) is 56.7 Å². The third-order valence-electron chi connectivity index (χ3n) is 4.88. The van der Waals surface area contributed by atoms with Crippen LogP contribution in [0.3, 0.4) is 0 Å². The summed E-state index contributed by atoms with van der Waals surface area (Å²) in [6.07, 6.45) is 3.45. The molecule has 1 aromatic carbocycles. The maximum absolute atomic E-state index is 12.4. The third kappa shape index (κ3) is 3.53. The molecule has 0 saturated heterocycles. The van der Waals surface area contributed by atoms with Crippen LogP contribution < -0.4 is 5.32 Å². The summed E-state index contributed by atoms with van der Waals surface area (Å²) in [5.74, 6) is 0.0506. The van der Waals surface area contributed by atoms with Crippen molar-refractivity contribution in [3.05, 3.63) is 41.1 Å². The zero-order valence-electron chi connectivity index (χ0n) is 13.8. The van der Waals surface area contributed by atoms with Crippen LogP contribution in [-0.4, -0.2) is 28.1 Å². The lowest BCUT2D eigenvalue weighted by molar-refractivity contribution is -0.121. The lowest BCUT2D eigenvalue weighted by Gasteiger charge is -2.26. The number of hydrogen-bond donors (Lipinski definition) is 2. The van der Waals surface area contributed by atoms with Crippen molar-refractivity contribution in [3.8, 4) is 0 Å². The van der Waals surface area contributed by atoms with E-state index in [0.29, 0.717) is 6.42 Å². The van der Waals surface area contributed by atoms with Crippen LogP contribution in [0.25, 0.3) is 10.9 Å². The third-order valence-corrected chi connectivity index (χ3v) is 4.88. The van der Waals surface area contributed by atoms with Gasteiger partial charge in [-0.2, -0.15) is 0 Å². The van der Waals surface area contributed by atoms with Crippen LogP contribution >= 0.6 is 0 Å². The number of carbonyl (C=O) groups is 1. The zero-order valence-corrected chi connectivity index (χ0v) is 13.8. The van der Waals surface area contributed by atoms with Gasteiger partial charge in [0.1, 0.15) is 0 Å². The van der Waals surface area contributed by atoms with Crippen molar-refractivity contribution >= 4 is 16.8 Å². The minimum Gasteiger partial charge on any atom is -0.393 e. The maximum atomic E-state index is 12.4. The highest BCUT2D eigenvalue weighted by Gasteiger charge is 2.21. The number of para-hydroxylation sites is 1. The lowest BCUT2D eigenvalue weighted by atomic mass is 9.92. The van der Waals surface area contributed by atoms with Crippen LogP contribution in [0.4, 0.5) is 0 Å². The molecular formula is C19H24N2O2. The van der Waals surface area contributed by atoms with Crippen LogP contribution in [0.5, 0.6) is 0 Å². The van der Waals surface area contributed by atoms with E-state index in [1.165, 1.54) is 0 Å². The normalized spacial score (nSPS) is 21.3. The Morgan fingerprint density at radius 2 is 1.91 bits per heavy atom. The summed E-state index contributed by atoms with van der Waals surface area (Å²) in [5, 5.41) is 13.8. The Morgan fingerprint density at radius 1 is 1.22 bits per heavy atom. The number of fused-ring (bicyclic) bond motifs is 1. The van der Waals surface area contributed by atoms with Crippen LogP contribution in [0.1, 0.15) is 42.5 Å². The van der Waals surface area contributed by atoms with Crippen molar-refractivity contribution < 1.29 is 9.90 Å². The Kier molecular flexibility index (Phi) is 4.62. The van der Waals surface area contributed by atoms with E-state index in [0.717, 1.165) is 53.4 Å². The second-order valence-corrected chi connectivity index (χ2v) is 6.57. The fourth-order valence-corrected chi connectivity index (χ4v) is 3.49. The van der Waals surface area contributed by atoms with E-state index in [4.69, 9.17) is 0 Å². The quantitative estimate of drug-likeness (QED) is 0.916. The topological polar surface area (TPSA) is 62.2 Å². The number of benzene rings is 1. The molecule has 1 aliphatic carbocycles. The van der Waals surface area contributed by atoms with Gasteiger partial charge in [0.05, 0.1) is 18.0 Å². The molecule has 2 aromatic rings. The Hall–Kier alpha value is -1.94. The lowest BCUT2D eigenvalue weighted by Crippen LogP contribution is -2.39. The molecule has 23 heavy (non-hydrogen) atoms. The van der Waals surface area contributed by atoms with Gasteiger partial charge in [-0.15, -0.1) is 0 Å². The molecule has 0 atom stereocenters. The van der Waals surface area contributed by atoms with Gasteiger partial charge in [0, 0.05) is 17.1 Å². The van der Waals surface area contributed by atoms with Crippen LogP contribution in [0, 0.1) is 13.8 Å². The summed E-state index contributed by atoms with van der Waals surface area (Å²) < 4.78 is 0. The van der Waals surface area contributed by atoms with E-state index >= 15 is 0 Å². The number of nitrogens with one attached hydrogen (secondary N) is 1. The molecule has 1 heterocycles. The van der Waals surface area contributed by atoms with E-state index in [1.54, 1.807) is 0 Å². The van der Waals surface area contributed by atoms with E-state index in [2.05, 4.69) is 23.3 Å². The first kappa shape index (κ1) is 15.9. The molecule has 1 amide bonds. The number of rotatable bonds is 3. The number of amides is 1. The van der Waals surface area contributed by atoms with E-state index < -0.39 is 0 Å². The second-order valence-electron chi connectivity index (χ2n) is 6.57. The highest BCUT2D eigenvalue weighted by molar-refractivity contribution is 5.86. The van der Waals surface area contributed by atoms with Gasteiger partial charge in [-0.1, -0.05) is 18.2 Å². The molecule has 1 aromatic heterocycles. The Balaban J connectivity index is 1.74. The van der Waals surface area contributed by atoms with Gasteiger partial charge < -0.3 is 10.4 Å². The summed E-state index contributed by atoms with van der Waals surface area (Å²) in [5.41, 5.74) is 4.07. The van der Waals surface area contributed by atoms with Gasteiger partial charge >= 0.3 is 0 Å². The molecule has 0 bridgehead atoms. The fraction of sp³-hybridized carbons (Fsp3) is 0.474. The molecule has 122 valence electrons. The van der Waals surface area contributed by atoms with Crippen LogP contribution in [-0.2, 0) is 11.2 Å². The van der Waals surface area contributed by atoms with E-state index in [1.807, 2.05) is 25.1 Å². The summed E-state index contributed by atoms with van der Waals surface area (Å²) in [6, 6.07) is 8.25. The Morgan fingerprint density at radius 3 is 2.65 bits per heavy atom. The number of pyridine rings is 1. The summed E-state index contributed by atoms with van der Waals surface area (Å²) in [4.78, 5) is 17.0. The molecule has 1 saturated carbocycles. The smallest absolute Gasteiger partial charge is 0.224 e. The van der Waals surface area contributed by atoms with Crippen molar-refractivity contribution in [1.29, 1.82) is 0 Å². The average Bonchev–Trinajstić information content (AvgIpc) is 2.54. The number of aliphatic hydroxyl groups excluding tert-OH is 1. The molecule has 2 N–H and O–H groups in total. The first-order valence-electron chi connectivity index (χ1n) is 8.37. The number of aryl methyl sites for hydroxylation is 2. The van der Waals surface area contributed by atoms with Crippen molar-refractivity contribution in [1.82, 2.24) is 10.3 Å². The fourth-order valence-electron chi connectivity index (χ4n) is 3.49. The van der Waals surface area contributed by atoms with Crippen molar-refractivity contribution in [2.45, 2.75) is 58.1 Å². The first-order valence-corrected chi connectivity index (χ1v) is 8.37. The SMILES string of the molecule is Cc1nc2ccccc2c(C)c1CC(=O)NC1CCC(O)CC1. The predicted molar refractivity (Wildman–Crippen MR) is 91.3 cm³/mol. The highest BCUT2D eigenvalue weighted by Crippen LogP contribution is 2.23. The summed E-state index contributed by atoms with van der Waals surface area (Å²) in [6.45, 7) is 4.04. The van der Waals surface area contributed by atoms with Gasteiger partial charge in [0.15, 0.2) is 0 Å². The molecule has 3 rings (SSSR count). The summed E-state index contributed by atoms with van der Waals surface area (Å²) >= 11 is 0. The Labute approximate surface area is 136 Å². The molecule has 1 aliphatic rings. The van der Waals surface area contributed by atoms with Crippen LogP contribution in [0.15, 0.2) is 24.3 Å². The molecule has 0 aliphatic heterocycles. The molecule has 0 unspecified atom stereocenters. The van der Waals surface area contributed by atoms with Crippen molar-refractivity contribution in [2.75, 3.05) is 0 Å². The van der Waals surface area contributed by atoms with E-state index in [9.17, 15) is 9.90 Å². The minimum atomic E-state index is -0.197. The first-order chi connectivity index (χ1) is 11.0. The molecule has 4 nitrogen and oxygen atoms in total. The predicted octanol–water partition coefficient (Wildman–Crippen LogP) is 2.81. The molecule has 0 spiro atoms. The zero-order chi connectivity index (χ0) is 16.4. The molecule has 1 fully saturated rings. The van der Waals surface area contributed by atoms with Gasteiger partial charge in [0.2, 0.25) is 5.91 Å². The van der Waals surface area contributed by atoms with Crippen LogP contribution in [0.2, 0.25) is 0 Å². The van der Waals surface area contributed by atoms with Gasteiger partial charge in [-0.25, -0.2) is 0 Å². The standard InChI is InChI=1S/C19H24N2O2/c1-12-16-5-3-4-6-18(16)20-13(2)17(12)11-19(23)21-14-7-9-15(22)10-8-14/h3-6,14-15,22H,7-11H2,1-2H3,(H,21,23). The summed E-state index contributed by atoms with van der Waals surface area (Å²) in [7, 11) is 0. The molecule has 0 radical (unpaired) electrons. The monoisotopic (exact) mass is 312 g/mol. The van der Waals surface area contributed by atoms with Crippen molar-refractivity contribution in [2.24, 2.45) is 0 Å². The average molecular weight is 312 g/mol. The second kappa shape index (κ2) is 6.67. The van der Waals surface area contributed by atoms with E-state index in [-0.39, 0.29) is 18.1 Å². The molecular weight excluding hydrogens is 288 g/mol. The van der Waals surface area contributed by atoms with Gasteiger partial charge in [0.25, 0.3) is 0 Å². The Bertz CT molecular complexity index is 719. The number of aliphatic hydroxyl groups is 1. The minimum absolute atomic E-state index is 0.0506. The largest absolute Gasteiger partial charge is 0.393 e. The number of hydrogen-bond acceptors (Lipinski definition) is 3. The molecule has 4 heteroatoms. The van der Waals surface area contributed by atoms with Crippen molar-refractivity contribution in [3.63, 3.8) is 0 Å². The number of nitrogens with zero attached hydrogens (tertiary/aromatic N) is 1.